The first kappa shape index (κ1) is 15.4. The number of carbonyl (C=O) groups is 1. The van der Waals surface area contributed by atoms with Crippen LogP contribution in [0.3, 0.4) is 0 Å². The molecule has 0 N–H and O–H groups in total. The zero-order valence-corrected chi connectivity index (χ0v) is 12.4. The lowest BCUT2D eigenvalue weighted by Gasteiger charge is -2.29. The van der Waals surface area contributed by atoms with E-state index in [0.717, 1.165) is 19.0 Å². The number of esters is 1. The SMILES string of the molecule is CCC(C(=O)OC)N(c1nc(Cl)ncc1[N+](=O)[O-])C1CC1. The Morgan fingerprint density at radius 1 is 1.67 bits per heavy atom. The Bertz CT molecular complexity index is 564. The normalized spacial score (nSPS) is 15.4. The number of aromatic nitrogens is 2. The van der Waals surface area contributed by atoms with E-state index in [1.54, 1.807) is 4.90 Å². The number of hydrogen-bond acceptors (Lipinski definition) is 7. The van der Waals surface area contributed by atoms with Crippen LogP contribution in [0.25, 0.3) is 0 Å². The quantitative estimate of drug-likeness (QED) is 0.342. The van der Waals surface area contributed by atoms with Crippen LogP contribution in [0, 0.1) is 10.1 Å². The zero-order chi connectivity index (χ0) is 15.6. The molecule has 9 heteroatoms. The second-order valence-electron chi connectivity index (χ2n) is 4.69. The van der Waals surface area contributed by atoms with Gasteiger partial charge in [0.1, 0.15) is 12.2 Å². The molecule has 1 aliphatic carbocycles. The summed E-state index contributed by atoms with van der Waals surface area (Å²) in [6, 6.07) is -0.606. The number of carbonyl (C=O) groups excluding carboxylic acids is 1. The lowest BCUT2D eigenvalue weighted by molar-refractivity contribution is -0.384. The second-order valence-corrected chi connectivity index (χ2v) is 5.03. The van der Waals surface area contributed by atoms with Crippen molar-refractivity contribution in [1.82, 2.24) is 9.97 Å². The largest absolute Gasteiger partial charge is 0.467 e. The van der Waals surface area contributed by atoms with Crippen molar-refractivity contribution in [3.63, 3.8) is 0 Å². The van der Waals surface area contributed by atoms with E-state index in [1.807, 2.05) is 6.92 Å². The summed E-state index contributed by atoms with van der Waals surface area (Å²) in [5.41, 5.74) is -0.270. The molecule has 8 nitrogen and oxygen atoms in total. The number of nitrogens with zero attached hydrogens (tertiary/aromatic N) is 4. The molecule has 1 heterocycles. The molecule has 1 unspecified atom stereocenters. The summed E-state index contributed by atoms with van der Waals surface area (Å²) in [7, 11) is 1.29. The molecule has 1 aliphatic rings. The van der Waals surface area contributed by atoms with Gasteiger partial charge >= 0.3 is 11.7 Å². The topological polar surface area (TPSA) is 98.5 Å². The van der Waals surface area contributed by atoms with Gasteiger partial charge in [0, 0.05) is 6.04 Å². The Morgan fingerprint density at radius 2 is 2.33 bits per heavy atom. The molecule has 1 aromatic rings. The molecule has 0 aliphatic heterocycles. The first-order valence-electron chi connectivity index (χ1n) is 6.52. The van der Waals surface area contributed by atoms with Gasteiger partial charge in [-0.3, -0.25) is 10.1 Å². The number of rotatable bonds is 6. The van der Waals surface area contributed by atoms with Crippen molar-refractivity contribution in [3.8, 4) is 0 Å². The zero-order valence-electron chi connectivity index (χ0n) is 11.7. The van der Waals surface area contributed by atoms with Crippen LogP contribution in [-0.2, 0) is 9.53 Å². The summed E-state index contributed by atoms with van der Waals surface area (Å²) in [6.07, 6.45) is 3.19. The van der Waals surface area contributed by atoms with E-state index in [1.165, 1.54) is 7.11 Å². The van der Waals surface area contributed by atoms with Gasteiger partial charge in [0.15, 0.2) is 0 Å². The van der Waals surface area contributed by atoms with E-state index in [4.69, 9.17) is 16.3 Å². The highest BCUT2D eigenvalue weighted by molar-refractivity contribution is 6.28. The molecule has 0 radical (unpaired) electrons. The van der Waals surface area contributed by atoms with Crippen LogP contribution in [0.4, 0.5) is 11.5 Å². The van der Waals surface area contributed by atoms with Crippen LogP contribution >= 0.6 is 11.6 Å². The molecule has 0 spiro atoms. The van der Waals surface area contributed by atoms with Crippen molar-refractivity contribution in [3.05, 3.63) is 21.6 Å². The highest BCUT2D eigenvalue weighted by Crippen LogP contribution is 2.38. The van der Waals surface area contributed by atoms with Gasteiger partial charge in [-0.25, -0.2) is 9.78 Å². The minimum atomic E-state index is -0.632. The van der Waals surface area contributed by atoms with Crippen LogP contribution < -0.4 is 4.90 Å². The van der Waals surface area contributed by atoms with Crippen molar-refractivity contribution in [2.75, 3.05) is 12.0 Å². The van der Waals surface area contributed by atoms with Gasteiger partial charge in [-0.15, -0.1) is 0 Å². The van der Waals surface area contributed by atoms with E-state index in [-0.39, 0.29) is 22.8 Å². The third kappa shape index (κ3) is 3.21. The van der Waals surface area contributed by atoms with E-state index in [9.17, 15) is 14.9 Å². The minimum absolute atomic E-state index is 0.0266. The number of methoxy groups -OCH3 is 1. The van der Waals surface area contributed by atoms with Crippen molar-refractivity contribution in [2.45, 2.75) is 38.3 Å². The first-order chi connectivity index (χ1) is 9.99. The average Bonchev–Trinajstić information content (AvgIpc) is 3.27. The van der Waals surface area contributed by atoms with Crippen molar-refractivity contribution in [1.29, 1.82) is 0 Å². The molecule has 114 valence electrons. The maximum Gasteiger partial charge on any atom is 0.329 e. The average molecular weight is 315 g/mol. The van der Waals surface area contributed by atoms with Gasteiger partial charge in [-0.05, 0) is 30.9 Å². The predicted molar refractivity (Wildman–Crippen MR) is 75.3 cm³/mol. The fraction of sp³-hybridized carbons (Fsp3) is 0.583. The van der Waals surface area contributed by atoms with Crippen LogP contribution in [0.15, 0.2) is 6.20 Å². The Morgan fingerprint density at radius 3 is 2.81 bits per heavy atom. The van der Waals surface area contributed by atoms with Gasteiger partial charge < -0.3 is 9.64 Å². The van der Waals surface area contributed by atoms with Gasteiger partial charge in [0.25, 0.3) is 0 Å². The fourth-order valence-corrected chi connectivity index (χ4v) is 2.33. The molecule has 0 amide bonds. The Kier molecular flexibility index (Phi) is 4.56. The monoisotopic (exact) mass is 314 g/mol. The van der Waals surface area contributed by atoms with Crippen molar-refractivity contribution in [2.24, 2.45) is 0 Å². The molecule has 0 saturated heterocycles. The second kappa shape index (κ2) is 6.21. The van der Waals surface area contributed by atoms with Crippen LogP contribution in [0.2, 0.25) is 5.28 Å². The molecule has 1 atom stereocenters. The lowest BCUT2D eigenvalue weighted by Crippen LogP contribution is -2.44. The highest BCUT2D eigenvalue weighted by Gasteiger charge is 2.41. The molecule has 1 aromatic heterocycles. The molecule has 0 bridgehead atoms. The number of nitro groups is 1. The van der Waals surface area contributed by atoms with Crippen LogP contribution in [0.5, 0.6) is 0 Å². The molecular weight excluding hydrogens is 300 g/mol. The van der Waals surface area contributed by atoms with Gasteiger partial charge in [-0.2, -0.15) is 4.98 Å². The number of halogens is 1. The van der Waals surface area contributed by atoms with E-state index in [0.29, 0.717) is 6.42 Å². The van der Waals surface area contributed by atoms with Gasteiger partial charge in [-0.1, -0.05) is 6.92 Å². The summed E-state index contributed by atoms with van der Waals surface area (Å²) < 4.78 is 4.79. The van der Waals surface area contributed by atoms with Crippen molar-refractivity contribution >= 4 is 29.1 Å². The van der Waals surface area contributed by atoms with Gasteiger partial charge in [0.05, 0.1) is 12.0 Å². The lowest BCUT2D eigenvalue weighted by atomic mass is 10.1. The summed E-state index contributed by atoms with van der Waals surface area (Å²) in [5, 5.41) is 11.1. The number of hydrogen-bond donors (Lipinski definition) is 0. The number of ether oxygens (including phenoxy) is 1. The molecule has 1 fully saturated rings. The molecule has 1 saturated carbocycles. The predicted octanol–water partition coefficient (Wildman–Crippen LogP) is 1.96. The van der Waals surface area contributed by atoms with E-state index in [2.05, 4.69) is 9.97 Å². The summed E-state index contributed by atoms with van der Waals surface area (Å²) in [4.78, 5) is 31.8. The van der Waals surface area contributed by atoms with Gasteiger partial charge in [0.2, 0.25) is 11.1 Å². The summed E-state index contributed by atoms with van der Waals surface area (Å²) in [5.74, 6) is -0.381. The summed E-state index contributed by atoms with van der Waals surface area (Å²) >= 11 is 5.76. The Balaban J connectivity index is 2.49. The van der Waals surface area contributed by atoms with E-state index < -0.39 is 16.9 Å². The van der Waals surface area contributed by atoms with Crippen molar-refractivity contribution < 1.29 is 14.5 Å². The Labute approximate surface area is 126 Å². The minimum Gasteiger partial charge on any atom is -0.467 e. The molecule has 2 rings (SSSR count). The first-order valence-corrected chi connectivity index (χ1v) is 6.90. The fourth-order valence-electron chi connectivity index (χ4n) is 2.21. The van der Waals surface area contributed by atoms with E-state index >= 15 is 0 Å². The maximum absolute atomic E-state index is 11.9. The standard InChI is InChI=1S/C12H15ClN4O4/c1-3-8(11(18)21-2)16(7-4-5-7)10-9(17(19)20)6-14-12(13)15-10/h6-8H,3-5H2,1-2H3. The molecule has 0 aromatic carbocycles. The molecule has 21 heavy (non-hydrogen) atoms. The summed E-state index contributed by atoms with van der Waals surface area (Å²) in [6.45, 7) is 1.81. The number of anilines is 1. The third-order valence-corrected chi connectivity index (χ3v) is 3.48. The Hall–Kier alpha value is -1.96. The highest BCUT2D eigenvalue weighted by atomic mass is 35.5. The van der Waals surface area contributed by atoms with Crippen LogP contribution in [-0.4, -0.2) is 40.1 Å². The smallest absolute Gasteiger partial charge is 0.329 e. The van der Waals surface area contributed by atoms with Crippen LogP contribution in [0.1, 0.15) is 26.2 Å². The molecular formula is C12H15ClN4O4. The maximum atomic E-state index is 11.9. The third-order valence-electron chi connectivity index (χ3n) is 3.30.